The Hall–Kier alpha value is -4.88. The predicted octanol–water partition coefficient (Wildman–Crippen LogP) is 9.17. The van der Waals surface area contributed by atoms with Crippen LogP contribution < -0.4 is 5.73 Å². The number of hydrogen-bond acceptors (Lipinski definition) is 1. The van der Waals surface area contributed by atoms with E-state index in [2.05, 4.69) is 133 Å². The van der Waals surface area contributed by atoms with Crippen molar-refractivity contribution < 1.29 is 0 Å². The normalized spacial score (nSPS) is 11.4. The quantitative estimate of drug-likeness (QED) is 0.155. The van der Waals surface area contributed by atoms with E-state index in [1.807, 2.05) is 6.07 Å². The summed E-state index contributed by atoms with van der Waals surface area (Å²) in [6.07, 6.45) is 0. The molecule has 7 aromatic rings. The molecule has 37 heavy (non-hydrogen) atoms. The summed E-state index contributed by atoms with van der Waals surface area (Å²) in [6, 6.07) is 49.8. The first-order valence-corrected chi connectivity index (χ1v) is 12.7. The Labute approximate surface area is 216 Å². The molecule has 0 atom stereocenters. The van der Waals surface area contributed by atoms with Crippen LogP contribution in [0.25, 0.3) is 43.5 Å². The lowest BCUT2D eigenvalue weighted by Crippen LogP contribution is -1.99. The first-order chi connectivity index (χ1) is 18.3. The van der Waals surface area contributed by atoms with Crippen LogP contribution >= 0.6 is 0 Å². The molecule has 7 rings (SSSR count). The maximum absolute atomic E-state index is 6.45. The second-order valence-electron chi connectivity index (χ2n) is 9.54. The summed E-state index contributed by atoms with van der Waals surface area (Å²) in [5.41, 5.74) is 14.5. The second-order valence-corrected chi connectivity index (χ2v) is 9.54. The first kappa shape index (κ1) is 21.4. The van der Waals surface area contributed by atoms with E-state index in [0.29, 0.717) is 0 Å². The minimum Gasteiger partial charge on any atom is -0.398 e. The number of benzene rings is 7. The van der Waals surface area contributed by atoms with Gasteiger partial charge in [-0.2, -0.15) is 0 Å². The molecule has 0 unspecified atom stereocenters. The molecular weight excluding hydrogens is 446 g/mol. The zero-order valence-electron chi connectivity index (χ0n) is 20.4. The van der Waals surface area contributed by atoms with E-state index in [1.165, 1.54) is 60.3 Å². The van der Waals surface area contributed by atoms with Crippen molar-refractivity contribution in [3.8, 4) is 0 Å². The van der Waals surface area contributed by atoms with E-state index < -0.39 is 0 Å². The molecule has 0 bridgehead atoms. The van der Waals surface area contributed by atoms with Crippen LogP contribution in [0.3, 0.4) is 0 Å². The fourth-order valence-electron chi connectivity index (χ4n) is 5.75. The number of rotatable bonds is 4. The Bertz CT molecular complexity index is 1860. The SMILES string of the molecule is Nc1ccc2ccc3ccc(C(=C(c4ccccc4)c4ccccc4)c4ccccc4)c4ccc1c2c34. The Morgan fingerprint density at radius 3 is 1.38 bits per heavy atom. The average molecular weight is 472 g/mol. The third-order valence-corrected chi connectivity index (χ3v) is 7.41. The Morgan fingerprint density at radius 1 is 0.378 bits per heavy atom. The van der Waals surface area contributed by atoms with Crippen LogP contribution in [0.4, 0.5) is 5.69 Å². The van der Waals surface area contributed by atoms with Gasteiger partial charge in [0.25, 0.3) is 0 Å². The second kappa shape index (κ2) is 8.65. The van der Waals surface area contributed by atoms with Crippen molar-refractivity contribution in [1.29, 1.82) is 0 Å². The van der Waals surface area contributed by atoms with Gasteiger partial charge in [-0.25, -0.2) is 0 Å². The summed E-state index contributed by atoms with van der Waals surface area (Å²) in [4.78, 5) is 0. The van der Waals surface area contributed by atoms with Gasteiger partial charge in [-0.05, 0) is 66.4 Å². The minimum atomic E-state index is 0.820. The van der Waals surface area contributed by atoms with E-state index in [-0.39, 0.29) is 0 Å². The maximum Gasteiger partial charge on any atom is 0.0394 e. The average Bonchev–Trinajstić information content (AvgIpc) is 2.97. The molecule has 0 aromatic heterocycles. The summed E-state index contributed by atoms with van der Waals surface area (Å²) in [5.74, 6) is 0. The number of nitrogen functional groups attached to an aromatic ring is 1. The highest BCUT2D eigenvalue weighted by Gasteiger charge is 2.20. The van der Waals surface area contributed by atoms with Crippen molar-refractivity contribution in [3.63, 3.8) is 0 Å². The minimum absolute atomic E-state index is 0.820. The van der Waals surface area contributed by atoms with Gasteiger partial charge in [0.15, 0.2) is 0 Å². The van der Waals surface area contributed by atoms with Gasteiger partial charge >= 0.3 is 0 Å². The summed E-state index contributed by atoms with van der Waals surface area (Å²) in [6.45, 7) is 0. The number of anilines is 1. The van der Waals surface area contributed by atoms with Crippen molar-refractivity contribution in [2.24, 2.45) is 0 Å². The molecule has 0 aliphatic carbocycles. The zero-order valence-corrected chi connectivity index (χ0v) is 20.4. The van der Waals surface area contributed by atoms with Crippen LogP contribution in [0.5, 0.6) is 0 Å². The number of hydrogen-bond donors (Lipinski definition) is 1. The van der Waals surface area contributed by atoms with Crippen molar-refractivity contribution >= 4 is 49.2 Å². The van der Waals surface area contributed by atoms with Gasteiger partial charge in [-0.1, -0.05) is 133 Å². The van der Waals surface area contributed by atoms with Crippen LogP contribution in [0, 0.1) is 0 Å². The molecule has 1 nitrogen and oxygen atoms in total. The third kappa shape index (κ3) is 3.48. The summed E-state index contributed by atoms with van der Waals surface area (Å²) >= 11 is 0. The van der Waals surface area contributed by atoms with E-state index in [4.69, 9.17) is 5.73 Å². The van der Waals surface area contributed by atoms with Gasteiger partial charge < -0.3 is 5.73 Å². The molecule has 0 heterocycles. The summed E-state index contributed by atoms with van der Waals surface area (Å²) in [7, 11) is 0. The highest BCUT2D eigenvalue weighted by Crippen LogP contribution is 2.43. The van der Waals surface area contributed by atoms with E-state index in [0.717, 1.165) is 11.1 Å². The van der Waals surface area contributed by atoms with Crippen LogP contribution in [0.15, 0.2) is 140 Å². The summed E-state index contributed by atoms with van der Waals surface area (Å²) < 4.78 is 0. The highest BCUT2D eigenvalue weighted by molar-refractivity contribution is 6.27. The maximum atomic E-state index is 6.45. The molecule has 0 saturated heterocycles. The highest BCUT2D eigenvalue weighted by atomic mass is 14.5. The molecule has 0 spiro atoms. The molecule has 0 aliphatic heterocycles. The third-order valence-electron chi connectivity index (χ3n) is 7.41. The lowest BCUT2D eigenvalue weighted by Gasteiger charge is -2.21. The van der Waals surface area contributed by atoms with Crippen molar-refractivity contribution in [2.45, 2.75) is 0 Å². The lowest BCUT2D eigenvalue weighted by atomic mass is 9.82. The smallest absolute Gasteiger partial charge is 0.0394 e. The van der Waals surface area contributed by atoms with Crippen molar-refractivity contribution in [1.82, 2.24) is 0 Å². The van der Waals surface area contributed by atoms with Gasteiger partial charge in [0, 0.05) is 11.1 Å². The Kier molecular flexibility index (Phi) is 5.01. The Balaban J connectivity index is 1.68. The largest absolute Gasteiger partial charge is 0.398 e. The Morgan fingerprint density at radius 2 is 0.811 bits per heavy atom. The molecule has 0 aliphatic rings. The molecule has 1 heteroatoms. The standard InChI is InChI=1S/C36H25N/c37-32-23-19-28-17-16-27-18-20-29(30-21-22-31(32)36(28)35(27)30)34(26-14-8-3-9-15-26)33(24-10-4-1-5-11-24)25-12-6-2-7-13-25/h1-23H,37H2. The van der Waals surface area contributed by atoms with Gasteiger partial charge in [0.1, 0.15) is 0 Å². The zero-order chi connectivity index (χ0) is 24.8. The molecule has 0 amide bonds. The first-order valence-electron chi connectivity index (χ1n) is 12.7. The molecule has 7 aromatic carbocycles. The predicted molar refractivity (Wildman–Crippen MR) is 159 cm³/mol. The van der Waals surface area contributed by atoms with E-state index in [9.17, 15) is 0 Å². The fourth-order valence-corrected chi connectivity index (χ4v) is 5.75. The molecule has 2 N–H and O–H groups in total. The molecular formula is C36H25N. The van der Waals surface area contributed by atoms with Crippen LogP contribution in [0.1, 0.15) is 22.3 Å². The summed E-state index contributed by atoms with van der Waals surface area (Å²) in [5, 5.41) is 7.32. The number of nitrogens with two attached hydrogens (primary N) is 1. The van der Waals surface area contributed by atoms with E-state index >= 15 is 0 Å². The van der Waals surface area contributed by atoms with Gasteiger partial charge in [0.05, 0.1) is 0 Å². The molecule has 0 radical (unpaired) electrons. The van der Waals surface area contributed by atoms with Gasteiger partial charge in [-0.15, -0.1) is 0 Å². The van der Waals surface area contributed by atoms with E-state index in [1.54, 1.807) is 0 Å². The van der Waals surface area contributed by atoms with Crippen LogP contribution in [-0.4, -0.2) is 0 Å². The van der Waals surface area contributed by atoms with Crippen LogP contribution in [0.2, 0.25) is 0 Å². The molecule has 0 saturated carbocycles. The lowest BCUT2D eigenvalue weighted by molar-refractivity contribution is 1.52. The fraction of sp³-hybridized carbons (Fsp3) is 0. The topological polar surface area (TPSA) is 26.0 Å². The molecule has 0 fully saturated rings. The van der Waals surface area contributed by atoms with Gasteiger partial charge in [0.2, 0.25) is 0 Å². The monoisotopic (exact) mass is 471 g/mol. The molecule has 174 valence electrons. The van der Waals surface area contributed by atoms with Crippen molar-refractivity contribution in [2.75, 3.05) is 5.73 Å². The van der Waals surface area contributed by atoms with Crippen LogP contribution in [-0.2, 0) is 0 Å². The van der Waals surface area contributed by atoms with Crippen molar-refractivity contribution in [3.05, 3.63) is 162 Å². The van der Waals surface area contributed by atoms with Gasteiger partial charge in [-0.3, -0.25) is 0 Å².